The largest absolute Gasteiger partial charge is 0.790 e. The number of carbonyl (C=O) groups excluding carboxylic acids is 2. The van der Waals surface area contributed by atoms with Gasteiger partial charge in [-0.05, 0) is 0 Å². The molecule has 0 unspecified atom stereocenters. The molecule has 33 N–H and O–H groups in total. The van der Waals surface area contributed by atoms with Crippen molar-refractivity contribution in [1.29, 1.82) is 0 Å². The molecular formula is C67H108O64P2-6. The van der Waals surface area contributed by atoms with Crippen molar-refractivity contribution >= 4 is 27.6 Å². The van der Waals surface area contributed by atoms with Gasteiger partial charge in [0.15, 0.2) is 50.3 Å². The fraction of sp³-hybridized carbons (Fsp3) is 0.970. The molecule has 0 aliphatic carbocycles. The van der Waals surface area contributed by atoms with Crippen LogP contribution in [0.15, 0.2) is 0 Å². The van der Waals surface area contributed by atoms with Crippen LogP contribution in [0.1, 0.15) is 12.8 Å². The highest BCUT2D eigenvalue weighted by atomic mass is 31.2. The Kier molecular flexibility index (Phi) is 39.3. The van der Waals surface area contributed by atoms with E-state index in [2.05, 4.69) is 4.52 Å². The van der Waals surface area contributed by atoms with Crippen molar-refractivity contribution in [2.45, 2.75) is 337 Å². The first-order valence-corrected chi connectivity index (χ1v) is 43.4. The highest BCUT2D eigenvalue weighted by Gasteiger charge is 2.65. The van der Waals surface area contributed by atoms with Crippen LogP contribution in [0.2, 0.25) is 0 Å². The molecular weight excluding hydrogens is 1890 g/mol. The van der Waals surface area contributed by atoms with Crippen LogP contribution in [0.25, 0.3) is 0 Å². The maximum Gasteiger partial charge on any atom is 0.212 e. The van der Waals surface area contributed by atoms with Gasteiger partial charge in [-0.2, -0.15) is 0 Å². The summed E-state index contributed by atoms with van der Waals surface area (Å²) in [5.74, 6) is -13.1. The molecule has 10 rings (SSSR count). The highest BCUT2D eigenvalue weighted by Crippen LogP contribution is 2.47. The Morgan fingerprint density at radius 2 is 0.647 bits per heavy atom. The number of aliphatic hydroxyl groups is 33. The van der Waals surface area contributed by atoms with Crippen molar-refractivity contribution in [3.63, 3.8) is 0 Å². The van der Waals surface area contributed by atoms with E-state index in [1.807, 2.05) is 0 Å². The number of aliphatic hydroxyl groups excluding tert-OH is 32. The van der Waals surface area contributed by atoms with Gasteiger partial charge in [-0.25, -0.2) is 0 Å². The molecule has 0 spiro atoms. The van der Waals surface area contributed by atoms with Gasteiger partial charge in [0, 0.05) is 12.8 Å². The summed E-state index contributed by atoms with van der Waals surface area (Å²) in [6, 6.07) is 0. The molecule has 0 saturated carbocycles. The molecule has 776 valence electrons. The van der Waals surface area contributed by atoms with Gasteiger partial charge in [-0.3, -0.25) is 0 Å². The second-order valence-electron chi connectivity index (χ2n) is 32.4. The van der Waals surface area contributed by atoms with E-state index in [-0.39, 0.29) is 0 Å². The molecule has 66 heteroatoms. The normalized spacial score (nSPS) is 48.2. The minimum Gasteiger partial charge on any atom is -0.790 e. The van der Waals surface area contributed by atoms with Gasteiger partial charge < -0.3 is 316 Å². The predicted octanol–water partition coefficient (Wildman–Crippen LogP) is -30.0. The van der Waals surface area contributed by atoms with E-state index >= 15 is 0 Å². The third-order valence-electron chi connectivity index (χ3n) is 23.5. The molecule has 53 atom stereocenters. The van der Waals surface area contributed by atoms with Crippen molar-refractivity contribution in [3.8, 4) is 0 Å². The number of carbonyl (C=O) groups is 2. The lowest BCUT2D eigenvalue weighted by molar-refractivity contribution is -0.429. The number of rotatable bonds is 39. The number of carboxylic acids is 2. The number of phosphoric acid groups is 2. The summed E-state index contributed by atoms with van der Waals surface area (Å²) in [6.45, 7) is -14.5. The number of hydrogen-bond donors (Lipinski definition) is 33. The van der Waals surface area contributed by atoms with Crippen LogP contribution in [0, 0.1) is 0 Å². The van der Waals surface area contributed by atoms with E-state index in [0.717, 1.165) is 0 Å². The summed E-state index contributed by atoms with van der Waals surface area (Å²) in [5.41, 5.74) is 0. The highest BCUT2D eigenvalue weighted by molar-refractivity contribution is 7.43. The fourth-order valence-electron chi connectivity index (χ4n) is 16.4. The van der Waals surface area contributed by atoms with E-state index in [1.165, 1.54) is 0 Å². The van der Waals surface area contributed by atoms with Gasteiger partial charge in [0.2, 0.25) is 11.6 Å². The molecule has 10 aliphatic rings. The Bertz CT molecular complexity index is 3720. The Labute approximate surface area is 745 Å². The third kappa shape index (κ3) is 24.6. The zero-order valence-corrected chi connectivity index (χ0v) is 70.0. The van der Waals surface area contributed by atoms with Crippen LogP contribution in [0.5, 0.6) is 0 Å². The van der Waals surface area contributed by atoms with Crippen molar-refractivity contribution in [3.05, 3.63) is 0 Å². The summed E-state index contributed by atoms with van der Waals surface area (Å²) in [5, 5.41) is 392. The molecule has 0 aromatic carbocycles. The van der Waals surface area contributed by atoms with Crippen LogP contribution < -0.4 is 29.8 Å². The average Bonchev–Trinajstić information content (AvgIpc) is 0.614. The first-order valence-electron chi connectivity index (χ1n) is 40.4. The minimum atomic E-state index is -6.98. The maximum atomic E-state index is 13.3. The first kappa shape index (κ1) is 112. The molecule has 64 nitrogen and oxygen atoms in total. The van der Waals surface area contributed by atoms with Crippen LogP contribution in [-0.4, -0.2) is 571 Å². The third-order valence-corrected chi connectivity index (χ3v) is 24.5. The predicted molar refractivity (Wildman–Crippen MR) is 378 cm³/mol. The van der Waals surface area contributed by atoms with Crippen LogP contribution in [0.4, 0.5) is 0 Å². The zero-order chi connectivity index (χ0) is 98.9. The summed E-state index contributed by atoms with van der Waals surface area (Å²) in [4.78, 5) is 78.4. The van der Waals surface area contributed by atoms with Gasteiger partial charge >= 0.3 is 0 Å². The lowest BCUT2D eigenvalue weighted by Crippen LogP contribution is -2.72. The van der Waals surface area contributed by atoms with Crippen molar-refractivity contribution in [1.82, 2.24) is 0 Å². The van der Waals surface area contributed by atoms with E-state index in [0.29, 0.717) is 0 Å². The van der Waals surface area contributed by atoms with Crippen LogP contribution >= 0.6 is 15.6 Å². The van der Waals surface area contributed by atoms with Gasteiger partial charge in [0.25, 0.3) is 0 Å². The van der Waals surface area contributed by atoms with Crippen molar-refractivity contribution in [2.24, 2.45) is 0 Å². The summed E-state index contributed by atoms with van der Waals surface area (Å²) in [6.07, 6.45) is -138. The number of carboxylic acid groups (broad SMARTS) is 2. The minimum absolute atomic E-state index is 1.14. The molecule has 0 radical (unpaired) electrons. The van der Waals surface area contributed by atoms with Crippen molar-refractivity contribution < 1.29 is 316 Å². The topological polar surface area (TPSA) is 1070 Å². The summed E-state index contributed by atoms with van der Waals surface area (Å²) < 4.78 is 144. The molecule has 10 fully saturated rings. The number of phosphoric ester groups is 2. The molecule has 10 heterocycles. The van der Waals surface area contributed by atoms with Gasteiger partial charge in [0.1, 0.15) is 262 Å². The quantitative estimate of drug-likeness (QED) is 0.0254. The second-order valence-corrected chi connectivity index (χ2v) is 34.6. The molecule has 10 aliphatic heterocycles. The standard InChI is InChI=1S/C67H114O64P2/c68-3-14(78)42-35(93)33(91)36(94)56(117-42)111-12-18(82)45-54(131-133(108,109)110)51(41(99)61(119-45)124-50-40(98)60(118-44(16(80)5-70)53(50)130-132(105,106)107)120-47-19(2-66(104,64(100)101)128-46(47)17(81)6-71)127-67(65(102)103)1-13(77)25(83)43(129-67)15(79)4-69)123-59-39(97)48(29(87)23(10-75)114-59)121-63-55(49(30(88)24(11-76)116-63)122-57-37(95)31(89)26(84)20(7-72)112-57)126-62-52(34(92)28(86)22(9-74)115-62)125-58-38(96)32(90)27(85)21(8-73)113-58/h13-63,68-99,104H,1-12H2,(H,100,101)(H,102,103)(H2,105,106,107)(H2,108,109,110)/p-6/t13-,14+,15-,16+,17-,18-,19-,20-,21-,22-,23-,24-,25-,26-,27+,28+,29-,30-,31+,32+,33+,34+,35+,36+,37-,38-,39-,40+,41+,42-,43-,44-,45-,46-,47-,48+,49+,50-,51-,52-,53-,54-,55-,56+,57+,58-,59-,60-,61+,62-,63-,66-,67-/m1/s1. The van der Waals surface area contributed by atoms with Crippen molar-refractivity contribution in [2.75, 3.05) is 66.1 Å². The number of ether oxygens (including phenoxy) is 19. The zero-order valence-electron chi connectivity index (χ0n) is 68.2. The van der Waals surface area contributed by atoms with E-state index < -0.39 is 431 Å². The lowest BCUT2D eigenvalue weighted by atomic mass is 9.89. The Hall–Kier alpha value is -2.92. The Morgan fingerprint density at radius 1 is 0.316 bits per heavy atom. The Morgan fingerprint density at radius 3 is 1.09 bits per heavy atom. The van der Waals surface area contributed by atoms with E-state index in [9.17, 15) is 217 Å². The first-order chi connectivity index (χ1) is 62.3. The number of hydrogen-bond acceptors (Lipinski definition) is 64. The van der Waals surface area contributed by atoms with Gasteiger partial charge in [-0.1, -0.05) is 0 Å². The lowest BCUT2D eigenvalue weighted by Gasteiger charge is -2.54. The fourth-order valence-corrected chi connectivity index (χ4v) is 17.4. The van der Waals surface area contributed by atoms with Gasteiger partial charge in [0.05, 0.1) is 93.9 Å². The molecule has 0 amide bonds. The smallest absolute Gasteiger partial charge is 0.212 e. The maximum absolute atomic E-state index is 13.3. The molecule has 133 heavy (non-hydrogen) atoms. The molecule has 0 bridgehead atoms. The summed E-state index contributed by atoms with van der Waals surface area (Å²) in [7, 11) is -13.9. The second kappa shape index (κ2) is 46.6. The monoisotopic (exact) mass is 2000 g/mol. The van der Waals surface area contributed by atoms with E-state index in [4.69, 9.17) is 94.5 Å². The molecule has 0 aromatic heterocycles. The van der Waals surface area contributed by atoms with Crippen LogP contribution in [-0.2, 0) is 118 Å². The number of aliphatic carboxylic acids is 2. The molecule has 0 aromatic rings. The van der Waals surface area contributed by atoms with Gasteiger partial charge in [-0.15, -0.1) is 0 Å². The van der Waals surface area contributed by atoms with Crippen LogP contribution in [0.3, 0.4) is 0 Å². The Balaban J connectivity index is 1.09. The molecule has 10 saturated heterocycles. The SMILES string of the molecule is O=C([O-])[C@@]1(O[C@@H]2C[C@](O)(C(=O)[O-])O[C@H]([C@H](O)CO)[C@@H]2O[C@H]2O[C@H]([C@@H](O)CO)[C@@H](OP(=O)([O-])[O-])[C@H](O[C@@H]3O[C@H]([C@H](O)CO[C@H]4O[C@H]([C@@H](O)CO)[C@@H](O)[C@H](O)[C@@H]4O)[C@@H](OP(=O)([O-])[O-])[C@H](O[C@H]4O[C@H](CO)[C@@H](O)[C@H](O[C@H]5O[C@H](CO)[C@@H](O)[C@H](O[C@@H]6O[C@H](CO)[C@@H](O)[C@H](O)[C@H]6O)[C@H]5O[C@H]5O[C@H](CO)[C@H](O)[C@H](O)[C@H]5O[C@H]5O[C@H](CO)[C@H](O)[C@H](O)[C@H]5O)[C@H]4O)[C@@H]3O)[C@@H]2O)C[C@@H](O)[C@@H](O)[C@@H]([C@H](O)CO)O1. The van der Waals surface area contributed by atoms with E-state index in [1.54, 1.807) is 0 Å². The average molecular weight is 2000 g/mol. The summed E-state index contributed by atoms with van der Waals surface area (Å²) >= 11 is 0.